The first-order chi connectivity index (χ1) is 8.99. The number of nitrogens with two attached hydrogens (primary N) is 1. The highest BCUT2D eigenvalue weighted by molar-refractivity contribution is 5.83. The normalized spacial score (nSPS) is 17.4. The van der Waals surface area contributed by atoms with Crippen molar-refractivity contribution in [2.45, 2.75) is 13.0 Å². The Balaban J connectivity index is 1.96. The first-order valence-electron chi connectivity index (χ1n) is 6.27. The number of carbonyl (C=O) groups excluding carboxylic acids is 2. The number of nitrogens with zero attached hydrogens (tertiary/aromatic N) is 4. The molecule has 2 heterocycles. The molecular formula is C12H19N5O2. The van der Waals surface area contributed by atoms with Gasteiger partial charge in [0, 0.05) is 51.9 Å². The molecule has 7 heteroatoms. The summed E-state index contributed by atoms with van der Waals surface area (Å²) < 4.78 is 1.62. The summed E-state index contributed by atoms with van der Waals surface area (Å²) in [6, 6.07) is -0.683. The van der Waals surface area contributed by atoms with E-state index in [0.29, 0.717) is 31.7 Å². The molecule has 1 aliphatic rings. The zero-order valence-electron chi connectivity index (χ0n) is 11.2. The summed E-state index contributed by atoms with van der Waals surface area (Å²) in [5.41, 5.74) is 6.66. The fourth-order valence-electron chi connectivity index (χ4n) is 2.18. The largest absolute Gasteiger partial charge is 0.339 e. The summed E-state index contributed by atoms with van der Waals surface area (Å²) in [7, 11) is 1.78. The van der Waals surface area contributed by atoms with Crippen LogP contribution in [0.15, 0.2) is 12.4 Å². The summed E-state index contributed by atoms with van der Waals surface area (Å²) in [6.45, 7) is 3.75. The van der Waals surface area contributed by atoms with Gasteiger partial charge in [0.2, 0.25) is 11.8 Å². The highest BCUT2D eigenvalue weighted by Crippen LogP contribution is 2.13. The maximum absolute atomic E-state index is 12.2. The number of rotatable bonds is 2. The minimum Gasteiger partial charge on any atom is -0.339 e. The van der Waals surface area contributed by atoms with Crippen molar-refractivity contribution in [3.63, 3.8) is 0 Å². The van der Waals surface area contributed by atoms with E-state index in [1.807, 2.05) is 0 Å². The molecule has 2 rings (SSSR count). The highest BCUT2D eigenvalue weighted by atomic mass is 16.2. The predicted molar refractivity (Wildman–Crippen MR) is 69.0 cm³/mol. The molecule has 104 valence electrons. The van der Waals surface area contributed by atoms with Crippen LogP contribution < -0.4 is 5.73 Å². The molecule has 1 aliphatic heterocycles. The molecule has 1 saturated heterocycles. The second-order valence-electron chi connectivity index (χ2n) is 4.76. The summed E-state index contributed by atoms with van der Waals surface area (Å²) in [5, 5.41) is 4.01. The zero-order chi connectivity index (χ0) is 14.0. The van der Waals surface area contributed by atoms with Gasteiger partial charge in [-0.2, -0.15) is 5.10 Å². The van der Waals surface area contributed by atoms with Crippen LogP contribution in [0.3, 0.4) is 0 Å². The van der Waals surface area contributed by atoms with Crippen molar-refractivity contribution in [1.82, 2.24) is 19.6 Å². The van der Waals surface area contributed by atoms with Gasteiger partial charge in [0.1, 0.15) is 6.04 Å². The topological polar surface area (TPSA) is 84.5 Å². The van der Waals surface area contributed by atoms with E-state index in [1.54, 1.807) is 40.8 Å². The SMILES string of the molecule is CC(=O)N1CCN(C(=O)C(N)c2cnn(C)c2)CC1. The Kier molecular flexibility index (Phi) is 3.84. The number of aromatic nitrogens is 2. The number of hydrogen-bond donors (Lipinski definition) is 1. The first kappa shape index (κ1) is 13.5. The minimum absolute atomic E-state index is 0.0451. The van der Waals surface area contributed by atoms with E-state index in [4.69, 9.17) is 5.73 Å². The number of piperazine rings is 1. The fraction of sp³-hybridized carbons (Fsp3) is 0.583. The van der Waals surface area contributed by atoms with Crippen LogP contribution in [0.2, 0.25) is 0 Å². The molecule has 2 amide bonds. The van der Waals surface area contributed by atoms with Gasteiger partial charge in [0.25, 0.3) is 0 Å². The summed E-state index contributed by atoms with van der Waals surface area (Å²) in [4.78, 5) is 26.9. The van der Waals surface area contributed by atoms with Crippen LogP contribution in [-0.4, -0.2) is 57.6 Å². The van der Waals surface area contributed by atoms with Crippen LogP contribution in [0.1, 0.15) is 18.5 Å². The molecule has 0 saturated carbocycles. The van der Waals surface area contributed by atoms with Gasteiger partial charge in [-0.3, -0.25) is 14.3 Å². The molecule has 2 N–H and O–H groups in total. The Hall–Kier alpha value is -1.89. The fourth-order valence-corrected chi connectivity index (χ4v) is 2.18. The van der Waals surface area contributed by atoms with E-state index in [-0.39, 0.29) is 11.8 Å². The van der Waals surface area contributed by atoms with Gasteiger partial charge in [0.05, 0.1) is 6.20 Å². The average molecular weight is 265 g/mol. The van der Waals surface area contributed by atoms with Crippen LogP contribution in [0.5, 0.6) is 0 Å². The molecule has 1 unspecified atom stereocenters. The van der Waals surface area contributed by atoms with E-state index in [2.05, 4.69) is 5.10 Å². The zero-order valence-corrected chi connectivity index (χ0v) is 11.2. The Morgan fingerprint density at radius 1 is 1.26 bits per heavy atom. The van der Waals surface area contributed by atoms with Gasteiger partial charge in [-0.05, 0) is 0 Å². The van der Waals surface area contributed by atoms with E-state index in [0.717, 1.165) is 0 Å². The lowest BCUT2D eigenvalue weighted by atomic mass is 10.1. The summed E-state index contributed by atoms with van der Waals surface area (Å²) in [5.74, 6) is -0.0696. The van der Waals surface area contributed by atoms with Crippen molar-refractivity contribution in [3.05, 3.63) is 18.0 Å². The van der Waals surface area contributed by atoms with Gasteiger partial charge in [-0.1, -0.05) is 0 Å². The average Bonchev–Trinajstić information content (AvgIpc) is 2.84. The molecule has 0 bridgehead atoms. The molecule has 1 fully saturated rings. The lowest BCUT2D eigenvalue weighted by Crippen LogP contribution is -2.52. The third-order valence-electron chi connectivity index (χ3n) is 3.39. The minimum atomic E-state index is -0.683. The number of amides is 2. The van der Waals surface area contributed by atoms with Crippen molar-refractivity contribution >= 4 is 11.8 Å². The maximum atomic E-state index is 12.2. The second kappa shape index (κ2) is 5.40. The number of aryl methyl sites for hydroxylation is 1. The van der Waals surface area contributed by atoms with Crippen LogP contribution in [-0.2, 0) is 16.6 Å². The van der Waals surface area contributed by atoms with Crippen LogP contribution in [0.25, 0.3) is 0 Å². The molecular weight excluding hydrogens is 246 g/mol. The lowest BCUT2D eigenvalue weighted by Gasteiger charge is -2.35. The van der Waals surface area contributed by atoms with E-state index in [9.17, 15) is 9.59 Å². The van der Waals surface area contributed by atoms with Gasteiger partial charge in [-0.15, -0.1) is 0 Å². The van der Waals surface area contributed by atoms with E-state index < -0.39 is 6.04 Å². The maximum Gasteiger partial charge on any atom is 0.244 e. The van der Waals surface area contributed by atoms with Crippen molar-refractivity contribution in [1.29, 1.82) is 0 Å². The van der Waals surface area contributed by atoms with Gasteiger partial charge in [0.15, 0.2) is 0 Å². The Morgan fingerprint density at radius 3 is 2.32 bits per heavy atom. The number of hydrogen-bond acceptors (Lipinski definition) is 4. The lowest BCUT2D eigenvalue weighted by molar-refractivity contribution is -0.139. The van der Waals surface area contributed by atoms with Gasteiger partial charge < -0.3 is 15.5 Å². The van der Waals surface area contributed by atoms with Crippen molar-refractivity contribution in [2.75, 3.05) is 26.2 Å². The van der Waals surface area contributed by atoms with Crippen molar-refractivity contribution in [3.8, 4) is 0 Å². The molecule has 19 heavy (non-hydrogen) atoms. The monoisotopic (exact) mass is 265 g/mol. The van der Waals surface area contributed by atoms with Crippen molar-refractivity contribution < 1.29 is 9.59 Å². The van der Waals surface area contributed by atoms with Crippen LogP contribution in [0, 0.1) is 0 Å². The van der Waals surface area contributed by atoms with Gasteiger partial charge in [-0.25, -0.2) is 0 Å². The summed E-state index contributed by atoms with van der Waals surface area (Å²) in [6.07, 6.45) is 3.35. The summed E-state index contributed by atoms with van der Waals surface area (Å²) >= 11 is 0. The molecule has 0 spiro atoms. The molecule has 0 aromatic carbocycles. The molecule has 1 aromatic heterocycles. The first-order valence-corrected chi connectivity index (χ1v) is 6.27. The highest BCUT2D eigenvalue weighted by Gasteiger charge is 2.27. The predicted octanol–water partition coefficient (Wildman–Crippen LogP) is -0.889. The van der Waals surface area contributed by atoms with E-state index in [1.165, 1.54) is 0 Å². The Labute approximate surface area is 111 Å². The van der Waals surface area contributed by atoms with Crippen LogP contribution in [0.4, 0.5) is 0 Å². The van der Waals surface area contributed by atoms with E-state index >= 15 is 0 Å². The molecule has 0 radical (unpaired) electrons. The smallest absolute Gasteiger partial charge is 0.244 e. The molecule has 7 nitrogen and oxygen atoms in total. The van der Waals surface area contributed by atoms with Gasteiger partial charge >= 0.3 is 0 Å². The quantitative estimate of drug-likeness (QED) is 0.752. The third kappa shape index (κ3) is 2.93. The molecule has 0 aliphatic carbocycles. The second-order valence-corrected chi connectivity index (χ2v) is 4.76. The van der Waals surface area contributed by atoms with Crippen LogP contribution >= 0.6 is 0 Å². The third-order valence-corrected chi connectivity index (χ3v) is 3.39. The molecule has 1 aromatic rings. The molecule has 1 atom stereocenters. The standard InChI is InChI=1S/C12H19N5O2/c1-9(18)16-3-5-17(6-4-16)12(19)11(13)10-7-14-15(2)8-10/h7-8,11H,3-6,13H2,1-2H3. The Bertz CT molecular complexity index is 476. The van der Waals surface area contributed by atoms with Crippen molar-refractivity contribution in [2.24, 2.45) is 12.8 Å². The Morgan fingerprint density at radius 2 is 1.84 bits per heavy atom. The number of carbonyl (C=O) groups is 2.